The van der Waals surface area contributed by atoms with Gasteiger partial charge in [-0.25, -0.2) is 9.78 Å². The Morgan fingerprint density at radius 3 is 2.54 bits per heavy atom. The van der Waals surface area contributed by atoms with Crippen LogP contribution in [0.15, 0.2) is 48.5 Å². The van der Waals surface area contributed by atoms with Gasteiger partial charge in [-0.3, -0.25) is 4.90 Å². The summed E-state index contributed by atoms with van der Waals surface area (Å²) in [5, 5.41) is 2.97. The number of carbonyl (C=O) groups excluding carboxylic acids is 1. The molecule has 3 aromatic rings. The molecule has 0 spiro atoms. The maximum Gasteiger partial charge on any atom is 0.321 e. The van der Waals surface area contributed by atoms with Gasteiger partial charge in [-0.15, -0.1) is 0 Å². The Bertz CT molecular complexity index is 861. The first-order chi connectivity index (χ1) is 12.7. The summed E-state index contributed by atoms with van der Waals surface area (Å²) in [7, 11) is 0. The lowest BCUT2D eigenvalue weighted by atomic mass is 10.2. The second kappa shape index (κ2) is 7.17. The third kappa shape index (κ3) is 3.70. The molecular formula is C20H23N5O. The Kier molecular flexibility index (Phi) is 4.58. The molecule has 6 heteroatoms. The average Bonchev–Trinajstić information content (AvgIpc) is 3.06. The predicted molar refractivity (Wildman–Crippen MR) is 103 cm³/mol. The summed E-state index contributed by atoms with van der Waals surface area (Å²) in [5.74, 6) is 0.976. The van der Waals surface area contributed by atoms with Crippen LogP contribution >= 0.6 is 0 Å². The quantitative estimate of drug-likeness (QED) is 0.763. The summed E-state index contributed by atoms with van der Waals surface area (Å²) in [4.78, 5) is 24.6. The van der Waals surface area contributed by atoms with Crippen LogP contribution in [-0.4, -0.2) is 52.0 Å². The number of fused-ring (bicyclic) bond motifs is 1. The lowest BCUT2D eigenvalue weighted by Gasteiger charge is -2.34. The van der Waals surface area contributed by atoms with Crippen molar-refractivity contribution in [1.29, 1.82) is 0 Å². The zero-order chi connectivity index (χ0) is 17.9. The first-order valence-electron chi connectivity index (χ1n) is 8.96. The molecule has 1 fully saturated rings. The molecule has 1 aromatic heterocycles. The van der Waals surface area contributed by atoms with Crippen molar-refractivity contribution in [2.75, 3.05) is 31.5 Å². The molecule has 0 bridgehead atoms. The van der Waals surface area contributed by atoms with Crippen LogP contribution in [-0.2, 0) is 6.54 Å². The Labute approximate surface area is 152 Å². The smallest absolute Gasteiger partial charge is 0.321 e. The van der Waals surface area contributed by atoms with E-state index in [0.717, 1.165) is 55.3 Å². The van der Waals surface area contributed by atoms with Crippen molar-refractivity contribution in [1.82, 2.24) is 19.8 Å². The number of hydrogen-bond acceptors (Lipinski definition) is 3. The van der Waals surface area contributed by atoms with E-state index in [0.29, 0.717) is 0 Å². The molecule has 2 amide bonds. The van der Waals surface area contributed by atoms with Crippen LogP contribution in [0.2, 0.25) is 0 Å². The van der Waals surface area contributed by atoms with Crippen molar-refractivity contribution in [2.24, 2.45) is 0 Å². The topological polar surface area (TPSA) is 64.3 Å². The third-order valence-electron chi connectivity index (χ3n) is 4.77. The van der Waals surface area contributed by atoms with Crippen LogP contribution in [0.1, 0.15) is 11.4 Å². The Hall–Kier alpha value is -2.86. The van der Waals surface area contributed by atoms with E-state index in [1.54, 1.807) is 0 Å². The number of nitrogens with one attached hydrogen (secondary N) is 2. The minimum Gasteiger partial charge on any atom is -0.341 e. The molecule has 0 radical (unpaired) electrons. The number of benzene rings is 2. The van der Waals surface area contributed by atoms with E-state index in [1.165, 1.54) is 5.56 Å². The van der Waals surface area contributed by atoms with Crippen LogP contribution < -0.4 is 5.32 Å². The summed E-state index contributed by atoms with van der Waals surface area (Å²) >= 11 is 0. The zero-order valence-corrected chi connectivity index (χ0v) is 14.9. The summed E-state index contributed by atoms with van der Waals surface area (Å²) in [5.41, 5.74) is 4.09. The van der Waals surface area contributed by atoms with Gasteiger partial charge in [0.1, 0.15) is 5.82 Å². The molecule has 0 aliphatic carbocycles. The standard InChI is InChI=1S/C20H23N5O/c1-15-6-8-16(9-7-15)21-20(26)25-12-10-24(11-13-25)14-19-22-17-4-2-3-5-18(17)23-19/h2-9H,10-14H2,1H3,(H,21,26)(H,22,23). The molecular weight excluding hydrogens is 326 g/mol. The molecule has 0 unspecified atom stereocenters. The lowest BCUT2D eigenvalue weighted by molar-refractivity contribution is 0.141. The number of hydrogen-bond donors (Lipinski definition) is 2. The van der Waals surface area contributed by atoms with Crippen molar-refractivity contribution in [3.8, 4) is 0 Å². The van der Waals surface area contributed by atoms with E-state index in [4.69, 9.17) is 0 Å². The molecule has 4 rings (SSSR count). The number of anilines is 1. The number of amides is 2. The molecule has 0 atom stereocenters. The maximum absolute atomic E-state index is 12.4. The summed E-state index contributed by atoms with van der Waals surface area (Å²) in [6.45, 7) is 5.95. The molecule has 2 heterocycles. The number of rotatable bonds is 3. The van der Waals surface area contributed by atoms with Gasteiger partial charge in [0.2, 0.25) is 0 Å². The number of carbonyl (C=O) groups is 1. The average molecular weight is 349 g/mol. The Balaban J connectivity index is 1.30. The van der Waals surface area contributed by atoms with Crippen molar-refractivity contribution in [3.05, 3.63) is 59.9 Å². The second-order valence-electron chi connectivity index (χ2n) is 6.76. The number of para-hydroxylation sites is 2. The largest absolute Gasteiger partial charge is 0.341 e. The number of aromatic amines is 1. The van der Waals surface area contributed by atoms with E-state index in [1.807, 2.05) is 60.4 Å². The highest BCUT2D eigenvalue weighted by molar-refractivity contribution is 5.89. The van der Waals surface area contributed by atoms with Crippen LogP contribution in [0.5, 0.6) is 0 Å². The van der Waals surface area contributed by atoms with Gasteiger partial charge in [-0.05, 0) is 31.2 Å². The number of H-pyrrole nitrogens is 1. The zero-order valence-electron chi connectivity index (χ0n) is 14.9. The Morgan fingerprint density at radius 2 is 1.81 bits per heavy atom. The van der Waals surface area contributed by atoms with Crippen molar-refractivity contribution >= 4 is 22.8 Å². The van der Waals surface area contributed by atoms with E-state index in [9.17, 15) is 4.79 Å². The first-order valence-corrected chi connectivity index (χ1v) is 8.96. The van der Waals surface area contributed by atoms with Crippen LogP contribution in [0, 0.1) is 6.92 Å². The second-order valence-corrected chi connectivity index (χ2v) is 6.76. The number of piperazine rings is 1. The van der Waals surface area contributed by atoms with Gasteiger partial charge in [-0.1, -0.05) is 29.8 Å². The molecule has 26 heavy (non-hydrogen) atoms. The maximum atomic E-state index is 12.4. The SMILES string of the molecule is Cc1ccc(NC(=O)N2CCN(Cc3nc4ccccc4[nH]3)CC2)cc1. The van der Waals surface area contributed by atoms with Gasteiger partial charge < -0.3 is 15.2 Å². The fraction of sp³-hybridized carbons (Fsp3) is 0.300. The van der Waals surface area contributed by atoms with Gasteiger partial charge in [0, 0.05) is 31.9 Å². The van der Waals surface area contributed by atoms with Gasteiger partial charge in [0.05, 0.1) is 17.6 Å². The fourth-order valence-corrected chi connectivity index (χ4v) is 3.24. The number of nitrogens with zero attached hydrogens (tertiary/aromatic N) is 3. The van der Waals surface area contributed by atoms with Crippen molar-refractivity contribution < 1.29 is 4.79 Å². The fourth-order valence-electron chi connectivity index (χ4n) is 3.24. The van der Waals surface area contributed by atoms with E-state index in [-0.39, 0.29) is 6.03 Å². The van der Waals surface area contributed by atoms with Gasteiger partial charge in [0.15, 0.2) is 0 Å². The highest BCUT2D eigenvalue weighted by atomic mass is 16.2. The first kappa shape index (κ1) is 16.6. The molecule has 1 saturated heterocycles. The molecule has 134 valence electrons. The van der Waals surface area contributed by atoms with E-state index < -0.39 is 0 Å². The van der Waals surface area contributed by atoms with Crippen molar-refractivity contribution in [3.63, 3.8) is 0 Å². The summed E-state index contributed by atoms with van der Waals surface area (Å²) < 4.78 is 0. The number of aromatic nitrogens is 2. The van der Waals surface area contributed by atoms with Crippen LogP contribution in [0.25, 0.3) is 11.0 Å². The third-order valence-corrected chi connectivity index (χ3v) is 4.77. The van der Waals surface area contributed by atoms with E-state index >= 15 is 0 Å². The number of urea groups is 1. The monoisotopic (exact) mass is 349 g/mol. The molecule has 6 nitrogen and oxygen atoms in total. The molecule has 1 aliphatic rings. The van der Waals surface area contributed by atoms with Gasteiger partial charge in [-0.2, -0.15) is 0 Å². The normalized spacial score (nSPS) is 15.3. The van der Waals surface area contributed by atoms with E-state index in [2.05, 4.69) is 20.2 Å². The van der Waals surface area contributed by atoms with Crippen LogP contribution in [0.4, 0.5) is 10.5 Å². The minimum absolute atomic E-state index is 0.0303. The summed E-state index contributed by atoms with van der Waals surface area (Å²) in [6, 6.07) is 15.9. The highest BCUT2D eigenvalue weighted by Gasteiger charge is 2.21. The minimum atomic E-state index is -0.0303. The Morgan fingerprint density at radius 1 is 1.08 bits per heavy atom. The lowest BCUT2D eigenvalue weighted by Crippen LogP contribution is -2.49. The van der Waals surface area contributed by atoms with Crippen molar-refractivity contribution in [2.45, 2.75) is 13.5 Å². The summed E-state index contributed by atoms with van der Waals surface area (Å²) in [6.07, 6.45) is 0. The number of imidazole rings is 1. The van der Waals surface area contributed by atoms with Gasteiger partial charge >= 0.3 is 6.03 Å². The molecule has 2 N–H and O–H groups in total. The molecule has 1 aliphatic heterocycles. The van der Waals surface area contributed by atoms with Crippen LogP contribution in [0.3, 0.4) is 0 Å². The predicted octanol–water partition coefficient (Wildman–Crippen LogP) is 3.22. The molecule has 0 saturated carbocycles. The number of aryl methyl sites for hydroxylation is 1. The highest BCUT2D eigenvalue weighted by Crippen LogP contribution is 2.14. The molecule has 2 aromatic carbocycles. The van der Waals surface area contributed by atoms with Gasteiger partial charge in [0.25, 0.3) is 0 Å².